The Bertz CT molecular complexity index is 1510. The van der Waals surface area contributed by atoms with Crippen molar-refractivity contribution in [2.24, 2.45) is 0 Å². The van der Waals surface area contributed by atoms with E-state index in [2.05, 4.69) is 5.32 Å². The van der Waals surface area contributed by atoms with Crippen molar-refractivity contribution in [3.8, 4) is 5.75 Å². The molecule has 0 bridgehead atoms. The molecule has 36 heavy (non-hydrogen) atoms. The van der Waals surface area contributed by atoms with Crippen LogP contribution in [0.2, 0.25) is 10.0 Å². The molecule has 5 nitrogen and oxygen atoms in total. The number of fused-ring (bicyclic) bond motifs is 1. The predicted molar refractivity (Wildman–Crippen MR) is 143 cm³/mol. The van der Waals surface area contributed by atoms with Gasteiger partial charge in [-0.25, -0.2) is 4.79 Å². The van der Waals surface area contributed by atoms with Gasteiger partial charge in [0.05, 0.1) is 6.54 Å². The van der Waals surface area contributed by atoms with Crippen LogP contribution in [0.25, 0.3) is 16.8 Å². The second-order valence-electron chi connectivity index (χ2n) is 8.59. The number of benzene rings is 4. The minimum Gasteiger partial charge on any atom is -0.488 e. The number of carbonyl (C=O) groups excluding carboxylic acids is 2. The third-order valence-corrected chi connectivity index (χ3v) is 6.63. The van der Waals surface area contributed by atoms with Gasteiger partial charge in [-0.1, -0.05) is 89.4 Å². The number of hydrogen-bond acceptors (Lipinski definition) is 3. The van der Waals surface area contributed by atoms with E-state index in [-0.39, 0.29) is 24.8 Å². The normalized spacial score (nSPS) is 14.5. The average Bonchev–Trinajstić information content (AvgIpc) is 3.13. The number of imide groups is 1. The molecule has 0 aromatic heterocycles. The van der Waals surface area contributed by atoms with E-state index in [1.54, 1.807) is 18.2 Å². The minimum absolute atomic E-state index is 0.191. The molecule has 180 valence electrons. The van der Waals surface area contributed by atoms with E-state index in [4.69, 9.17) is 27.9 Å². The zero-order valence-corrected chi connectivity index (χ0v) is 20.9. The topological polar surface area (TPSA) is 58.6 Å². The molecule has 1 aliphatic heterocycles. The Morgan fingerprint density at radius 1 is 0.944 bits per heavy atom. The van der Waals surface area contributed by atoms with Crippen LogP contribution in [0, 0.1) is 6.92 Å². The minimum atomic E-state index is -0.456. The van der Waals surface area contributed by atoms with Crippen LogP contribution in [-0.4, -0.2) is 16.8 Å². The number of urea groups is 1. The first-order valence-corrected chi connectivity index (χ1v) is 12.1. The highest BCUT2D eigenvalue weighted by atomic mass is 35.5. The van der Waals surface area contributed by atoms with E-state index < -0.39 is 6.03 Å². The summed E-state index contributed by atoms with van der Waals surface area (Å²) in [5.74, 6) is 0.173. The molecule has 0 aliphatic carbocycles. The molecular weight excluding hydrogens is 495 g/mol. The largest absolute Gasteiger partial charge is 0.488 e. The van der Waals surface area contributed by atoms with E-state index in [0.717, 1.165) is 27.5 Å². The number of aryl methyl sites for hydroxylation is 1. The fourth-order valence-corrected chi connectivity index (χ4v) is 4.54. The standard InChI is InChI=1S/C29H22Cl2N2O3/c1-18-6-8-19(9-7-18)16-33-28(34)26(32-29(33)35)15-24-23-5-3-2-4-20(23)11-13-27(24)36-17-21-10-12-22(30)14-25(21)31/h2-15H,16-17H2,1H3,(H,32,35)/b26-15+. The lowest BCUT2D eigenvalue weighted by Crippen LogP contribution is -2.30. The van der Waals surface area contributed by atoms with E-state index in [0.29, 0.717) is 21.4 Å². The van der Waals surface area contributed by atoms with E-state index in [1.807, 2.05) is 73.7 Å². The zero-order valence-electron chi connectivity index (χ0n) is 19.4. The van der Waals surface area contributed by atoms with E-state index >= 15 is 0 Å². The maximum atomic E-state index is 13.2. The monoisotopic (exact) mass is 516 g/mol. The van der Waals surface area contributed by atoms with Crippen LogP contribution in [-0.2, 0) is 17.9 Å². The first-order chi connectivity index (χ1) is 17.4. The molecule has 7 heteroatoms. The molecule has 3 amide bonds. The van der Waals surface area contributed by atoms with Gasteiger partial charge >= 0.3 is 6.03 Å². The summed E-state index contributed by atoms with van der Waals surface area (Å²) in [7, 11) is 0. The number of nitrogens with one attached hydrogen (secondary N) is 1. The summed E-state index contributed by atoms with van der Waals surface area (Å²) in [4.78, 5) is 27.1. The molecule has 0 atom stereocenters. The average molecular weight is 517 g/mol. The molecule has 5 rings (SSSR count). The molecule has 0 saturated carbocycles. The highest BCUT2D eigenvalue weighted by Crippen LogP contribution is 2.32. The molecule has 4 aromatic carbocycles. The molecule has 1 fully saturated rings. The number of halogens is 2. The molecule has 1 heterocycles. The predicted octanol–water partition coefficient (Wildman–Crippen LogP) is 7.13. The number of nitrogens with zero attached hydrogens (tertiary/aromatic N) is 1. The van der Waals surface area contributed by atoms with Crippen molar-refractivity contribution in [3.05, 3.63) is 117 Å². The van der Waals surface area contributed by atoms with Crippen molar-refractivity contribution >= 4 is 52.0 Å². The number of amides is 3. The summed E-state index contributed by atoms with van der Waals surface area (Å²) in [6, 6.07) is 24.1. The fraction of sp³-hybridized carbons (Fsp3) is 0.103. The van der Waals surface area contributed by atoms with Gasteiger partial charge in [-0.15, -0.1) is 0 Å². The van der Waals surface area contributed by atoms with Crippen molar-refractivity contribution in [1.29, 1.82) is 0 Å². The van der Waals surface area contributed by atoms with Crippen LogP contribution in [0.1, 0.15) is 22.3 Å². The second kappa shape index (κ2) is 10.1. The van der Waals surface area contributed by atoms with Crippen LogP contribution >= 0.6 is 23.2 Å². The summed E-state index contributed by atoms with van der Waals surface area (Å²) < 4.78 is 6.15. The van der Waals surface area contributed by atoms with Crippen LogP contribution in [0.3, 0.4) is 0 Å². The lowest BCUT2D eigenvalue weighted by molar-refractivity contribution is -0.123. The van der Waals surface area contributed by atoms with Gasteiger partial charge < -0.3 is 10.1 Å². The van der Waals surface area contributed by atoms with Gasteiger partial charge in [0.1, 0.15) is 18.1 Å². The van der Waals surface area contributed by atoms with Crippen molar-refractivity contribution < 1.29 is 14.3 Å². The van der Waals surface area contributed by atoms with Gasteiger partial charge in [0, 0.05) is 21.2 Å². The molecule has 0 unspecified atom stereocenters. The maximum absolute atomic E-state index is 13.2. The number of rotatable bonds is 6. The Kier molecular flexibility index (Phi) is 6.68. The summed E-state index contributed by atoms with van der Waals surface area (Å²) in [5.41, 5.74) is 3.65. The van der Waals surface area contributed by atoms with Crippen LogP contribution in [0.5, 0.6) is 5.75 Å². The number of carbonyl (C=O) groups is 2. The van der Waals surface area contributed by atoms with Crippen molar-refractivity contribution in [3.63, 3.8) is 0 Å². The van der Waals surface area contributed by atoms with E-state index in [9.17, 15) is 9.59 Å². The van der Waals surface area contributed by atoms with E-state index in [1.165, 1.54) is 4.90 Å². The van der Waals surface area contributed by atoms with Gasteiger partial charge in [-0.3, -0.25) is 9.69 Å². The van der Waals surface area contributed by atoms with Gasteiger partial charge in [0.15, 0.2) is 0 Å². The first kappa shape index (κ1) is 23.9. The molecule has 0 spiro atoms. The fourth-order valence-electron chi connectivity index (χ4n) is 4.08. The third kappa shape index (κ3) is 4.94. The van der Waals surface area contributed by atoms with Gasteiger partial charge in [-0.2, -0.15) is 0 Å². The number of ether oxygens (including phenoxy) is 1. The molecule has 1 saturated heterocycles. The van der Waals surface area contributed by atoms with Crippen molar-refractivity contribution in [1.82, 2.24) is 10.2 Å². The Morgan fingerprint density at radius 2 is 1.72 bits per heavy atom. The first-order valence-electron chi connectivity index (χ1n) is 11.4. The molecule has 4 aromatic rings. The van der Waals surface area contributed by atoms with Gasteiger partial charge in [0.25, 0.3) is 5.91 Å². The summed E-state index contributed by atoms with van der Waals surface area (Å²) in [6.45, 7) is 2.39. The van der Waals surface area contributed by atoms with Crippen molar-refractivity contribution in [2.75, 3.05) is 0 Å². The van der Waals surface area contributed by atoms with Crippen LogP contribution in [0.4, 0.5) is 4.79 Å². The summed E-state index contributed by atoms with van der Waals surface area (Å²) in [6.07, 6.45) is 1.68. The summed E-state index contributed by atoms with van der Waals surface area (Å²) >= 11 is 12.3. The smallest absolute Gasteiger partial charge is 0.329 e. The Balaban J connectivity index is 1.47. The Hall–Kier alpha value is -3.80. The maximum Gasteiger partial charge on any atom is 0.329 e. The molecular formula is C29H22Cl2N2O3. The second-order valence-corrected chi connectivity index (χ2v) is 9.43. The molecule has 0 radical (unpaired) electrons. The van der Waals surface area contributed by atoms with Gasteiger partial charge in [-0.05, 0) is 47.5 Å². The highest BCUT2D eigenvalue weighted by Gasteiger charge is 2.33. The molecule has 1 aliphatic rings. The zero-order chi connectivity index (χ0) is 25.2. The quantitative estimate of drug-likeness (QED) is 0.219. The lowest BCUT2D eigenvalue weighted by Gasteiger charge is -2.14. The lowest BCUT2D eigenvalue weighted by atomic mass is 10.0. The SMILES string of the molecule is Cc1ccc(CN2C(=O)N/C(=C/c3c(OCc4ccc(Cl)cc4Cl)ccc4ccccc34)C2=O)cc1. The Morgan fingerprint density at radius 3 is 2.50 bits per heavy atom. The van der Waals surface area contributed by atoms with Gasteiger partial charge in [0.2, 0.25) is 0 Å². The summed E-state index contributed by atoms with van der Waals surface area (Å²) in [5, 5.41) is 5.65. The van der Waals surface area contributed by atoms with Crippen LogP contribution < -0.4 is 10.1 Å². The number of hydrogen-bond donors (Lipinski definition) is 1. The van der Waals surface area contributed by atoms with Crippen molar-refractivity contribution in [2.45, 2.75) is 20.1 Å². The Labute approximate surface area is 218 Å². The third-order valence-electron chi connectivity index (χ3n) is 6.04. The van der Waals surface area contributed by atoms with Crippen LogP contribution in [0.15, 0.2) is 84.6 Å². The molecule has 1 N–H and O–H groups in total. The highest BCUT2D eigenvalue weighted by molar-refractivity contribution is 6.35.